The predicted octanol–water partition coefficient (Wildman–Crippen LogP) is 3.27. The molecule has 21 heavy (non-hydrogen) atoms. The van der Waals surface area contributed by atoms with Crippen molar-refractivity contribution >= 4 is 10.9 Å². The molecule has 4 nitrogen and oxygen atoms in total. The number of fused-ring (bicyclic) bond motifs is 1. The van der Waals surface area contributed by atoms with Crippen LogP contribution in [-0.2, 0) is 6.54 Å². The highest BCUT2D eigenvalue weighted by atomic mass is 15.1. The lowest BCUT2D eigenvalue weighted by Gasteiger charge is -2.32. The van der Waals surface area contributed by atoms with Crippen molar-refractivity contribution in [2.24, 2.45) is 0 Å². The molecule has 2 N–H and O–H groups in total. The number of likely N-dealkylation sites (tertiary alicyclic amines) is 1. The monoisotopic (exact) mass is 280 g/mol. The quantitative estimate of drug-likeness (QED) is 0.773. The lowest BCUT2D eigenvalue weighted by Crippen LogP contribution is -2.33. The molecule has 4 heteroatoms. The van der Waals surface area contributed by atoms with Crippen molar-refractivity contribution in [2.75, 3.05) is 13.1 Å². The van der Waals surface area contributed by atoms with Gasteiger partial charge in [-0.05, 0) is 37.1 Å². The number of H-pyrrole nitrogens is 2. The maximum Gasteiger partial charge on any atom is 0.0490 e. The molecule has 0 amide bonds. The standard InChI is InChI=1S/C17H20N4/c1-2-6-17-15(5-1)14(10-18-17)12-21-9-3-4-13(11-21)16-7-8-19-20-16/h1-2,5-8,10,13,18H,3-4,9,11-12H2,(H,19,20). The van der Waals surface area contributed by atoms with E-state index in [2.05, 4.69) is 56.6 Å². The molecule has 1 unspecified atom stereocenters. The summed E-state index contributed by atoms with van der Waals surface area (Å²) >= 11 is 0. The molecule has 4 rings (SSSR count). The Morgan fingerprint density at radius 3 is 3.10 bits per heavy atom. The Labute approximate surface area is 124 Å². The third kappa shape index (κ3) is 2.47. The van der Waals surface area contributed by atoms with Gasteiger partial charge in [-0.3, -0.25) is 10.00 Å². The second-order valence-electron chi connectivity index (χ2n) is 5.95. The topological polar surface area (TPSA) is 47.7 Å². The smallest absolute Gasteiger partial charge is 0.0490 e. The lowest BCUT2D eigenvalue weighted by atomic mass is 9.94. The Kier molecular flexibility index (Phi) is 3.24. The maximum atomic E-state index is 4.09. The molecular formula is C17H20N4. The number of hydrogen-bond acceptors (Lipinski definition) is 2. The van der Waals surface area contributed by atoms with E-state index in [1.165, 1.54) is 41.5 Å². The molecular weight excluding hydrogens is 260 g/mol. The van der Waals surface area contributed by atoms with Gasteiger partial charge in [0.2, 0.25) is 0 Å². The number of piperidine rings is 1. The zero-order valence-electron chi connectivity index (χ0n) is 12.0. The van der Waals surface area contributed by atoms with Gasteiger partial charge in [-0.2, -0.15) is 5.10 Å². The fraction of sp³-hybridized carbons (Fsp3) is 0.353. The average molecular weight is 280 g/mol. The molecule has 108 valence electrons. The molecule has 1 aliphatic rings. The second-order valence-corrected chi connectivity index (χ2v) is 5.95. The number of nitrogens with one attached hydrogen (secondary N) is 2. The molecule has 1 atom stereocenters. The SMILES string of the molecule is c1ccc2c(CN3CCCC(c4ccn[nH]4)C3)c[nH]c2c1. The minimum absolute atomic E-state index is 0.589. The van der Waals surface area contributed by atoms with Gasteiger partial charge in [0, 0.05) is 48.0 Å². The van der Waals surface area contributed by atoms with Crippen LogP contribution in [0, 0.1) is 0 Å². The molecule has 0 radical (unpaired) electrons. The molecule has 0 aliphatic carbocycles. The van der Waals surface area contributed by atoms with Crippen LogP contribution in [0.3, 0.4) is 0 Å². The second kappa shape index (κ2) is 5.37. The molecule has 1 aromatic carbocycles. The highest BCUT2D eigenvalue weighted by Crippen LogP contribution is 2.27. The third-order valence-corrected chi connectivity index (χ3v) is 4.54. The van der Waals surface area contributed by atoms with Crippen LogP contribution in [0.25, 0.3) is 10.9 Å². The molecule has 2 aromatic heterocycles. The van der Waals surface area contributed by atoms with Gasteiger partial charge in [-0.1, -0.05) is 18.2 Å². The first-order valence-corrected chi connectivity index (χ1v) is 7.67. The van der Waals surface area contributed by atoms with E-state index in [0.29, 0.717) is 5.92 Å². The summed E-state index contributed by atoms with van der Waals surface area (Å²) in [5, 5.41) is 8.57. The average Bonchev–Trinajstić information content (AvgIpc) is 3.18. The lowest BCUT2D eigenvalue weighted by molar-refractivity contribution is 0.199. The highest BCUT2D eigenvalue weighted by Gasteiger charge is 2.22. The predicted molar refractivity (Wildman–Crippen MR) is 84.1 cm³/mol. The summed E-state index contributed by atoms with van der Waals surface area (Å²) in [6.07, 6.45) is 6.52. The number of rotatable bonds is 3. The fourth-order valence-electron chi connectivity index (χ4n) is 3.45. The van der Waals surface area contributed by atoms with Crippen molar-refractivity contribution in [2.45, 2.75) is 25.3 Å². The van der Waals surface area contributed by atoms with Crippen LogP contribution in [-0.4, -0.2) is 33.2 Å². The fourth-order valence-corrected chi connectivity index (χ4v) is 3.45. The van der Waals surface area contributed by atoms with Crippen LogP contribution in [0.2, 0.25) is 0 Å². The zero-order valence-corrected chi connectivity index (χ0v) is 12.0. The third-order valence-electron chi connectivity index (χ3n) is 4.54. The number of aromatic nitrogens is 3. The summed E-state index contributed by atoms with van der Waals surface area (Å²) in [5.41, 5.74) is 3.91. The van der Waals surface area contributed by atoms with Gasteiger partial charge in [-0.25, -0.2) is 0 Å². The van der Waals surface area contributed by atoms with Crippen LogP contribution in [0.5, 0.6) is 0 Å². The number of hydrogen-bond donors (Lipinski definition) is 2. The summed E-state index contributed by atoms with van der Waals surface area (Å²) < 4.78 is 0. The molecule has 0 bridgehead atoms. The van der Waals surface area contributed by atoms with Crippen LogP contribution < -0.4 is 0 Å². The first-order chi connectivity index (χ1) is 10.4. The van der Waals surface area contributed by atoms with Gasteiger partial charge >= 0.3 is 0 Å². The Hall–Kier alpha value is -2.07. The molecule has 3 heterocycles. The summed E-state index contributed by atoms with van der Waals surface area (Å²) in [7, 11) is 0. The van der Waals surface area contributed by atoms with Gasteiger partial charge in [0.25, 0.3) is 0 Å². The highest BCUT2D eigenvalue weighted by molar-refractivity contribution is 5.82. The van der Waals surface area contributed by atoms with E-state index in [1.807, 2.05) is 6.20 Å². The molecule has 1 saturated heterocycles. The number of aromatic amines is 2. The van der Waals surface area contributed by atoms with E-state index in [4.69, 9.17) is 0 Å². The normalized spacial score (nSPS) is 20.1. The minimum atomic E-state index is 0.589. The number of para-hydroxylation sites is 1. The summed E-state index contributed by atoms with van der Waals surface area (Å²) in [5.74, 6) is 0.589. The summed E-state index contributed by atoms with van der Waals surface area (Å²) in [6.45, 7) is 3.32. The van der Waals surface area contributed by atoms with E-state index in [9.17, 15) is 0 Å². The first-order valence-electron chi connectivity index (χ1n) is 7.67. The molecule has 0 saturated carbocycles. The van der Waals surface area contributed by atoms with Crippen molar-refractivity contribution in [3.63, 3.8) is 0 Å². The van der Waals surface area contributed by atoms with Crippen LogP contribution in [0.1, 0.15) is 30.0 Å². The molecule has 1 aliphatic heterocycles. The molecule has 3 aromatic rings. The molecule has 0 spiro atoms. The number of nitrogens with zero attached hydrogens (tertiary/aromatic N) is 2. The van der Waals surface area contributed by atoms with E-state index < -0.39 is 0 Å². The van der Waals surface area contributed by atoms with Crippen molar-refractivity contribution in [1.82, 2.24) is 20.1 Å². The van der Waals surface area contributed by atoms with Crippen molar-refractivity contribution < 1.29 is 0 Å². The van der Waals surface area contributed by atoms with Crippen LogP contribution in [0.4, 0.5) is 0 Å². The summed E-state index contributed by atoms with van der Waals surface area (Å²) in [4.78, 5) is 5.93. The van der Waals surface area contributed by atoms with Gasteiger partial charge < -0.3 is 4.98 Å². The zero-order chi connectivity index (χ0) is 14.1. The van der Waals surface area contributed by atoms with E-state index >= 15 is 0 Å². The Morgan fingerprint density at radius 1 is 1.24 bits per heavy atom. The van der Waals surface area contributed by atoms with Gasteiger partial charge in [-0.15, -0.1) is 0 Å². The summed E-state index contributed by atoms with van der Waals surface area (Å²) in [6, 6.07) is 10.7. The van der Waals surface area contributed by atoms with Crippen LogP contribution in [0.15, 0.2) is 42.7 Å². The van der Waals surface area contributed by atoms with Gasteiger partial charge in [0.15, 0.2) is 0 Å². The Bertz CT molecular complexity index is 713. The van der Waals surface area contributed by atoms with Crippen molar-refractivity contribution in [3.05, 3.63) is 54.0 Å². The minimum Gasteiger partial charge on any atom is -0.361 e. The van der Waals surface area contributed by atoms with E-state index in [0.717, 1.165) is 13.1 Å². The van der Waals surface area contributed by atoms with Crippen molar-refractivity contribution in [3.8, 4) is 0 Å². The van der Waals surface area contributed by atoms with Gasteiger partial charge in [0.05, 0.1) is 0 Å². The Balaban J connectivity index is 1.51. The molecule has 1 fully saturated rings. The van der Waals surface area contributed by atoms with Crippen molar-refractivity contribution in [1.29, 1.82) is 0 Å². The maximum absolute atomic E-state index is 4.09. The number of benzene rings is 1. The van der Waals surface area contributed by atoms with E-state index in [-0.39, 0.29) is 0 Å². The van der Waals surface area contributed by atoms with Crippen LogP contribution >= 0.6 is 0 Å². The Morgan fingerprint density at radius 2 is 2.19 bits per heavy atom. The first kappa shape index (κ1) is 12.7. The van der Waals surface area contributed by atoms with E-state index in [1.54, 1.807) is 0 Å². The van der Waals surface area contributed by atoms with Gasteiger partial charge in [0.1, 0.15) is 0 Å². The largest absolute Gasteiger partial charge is 0.361 e.